The summed E-state index contributed by atoms with van der Waals surface area (Å²) in [5.41, 5.74) is 1.24. The van der Waals surface area contributed by atoms with Crippen LogP contribution in [0, 0.1) is 5.82 Å². The first kappa shape index (κ1) is 19.9. The van der Waals surface area contributed by atoms with Crippen LogP contribution in [-0.4, -0.2) is 52.0 Å². The summed E-state index contributed by atoms with van der Waals surface area (Å²) in [5.74, 6) is -0.664. The molecule has 2 aromatic heterocycles. The predicted octanol–water partition coefficient (Wildman–Crippen LogP) is 2.67. The van der Waals surface area contributed by atoms with E-state index in [1.54, 1.807) is 12.1 Å². The Hall–Kier alpha value is -3.38. The van der Waals surface area contributed by atoms with Crippen LogP contribution in [0.15, 0.2) is 36.7 Å². The van der Waals surface area contributed by atoms with Crippen molar-refractivity contribution < 1.29 is 22.7 Å². The van der Waals surface area contributed by atoms with Crippen LogP contribution in [0.1, 0.15) is 12.8 Å². The summed E-state index contributed by atoms with van der Waals surface area (Å²) in [4.78, 5) is 23.2. The molecule has 0 bridgehead atoms. The summed E-state index contributed by atoms with van der Waals surface area (Å²) in [6.45, 7) is 0.839. The lowest BCUT2D eigenvalue weighted by atomic mass is 10.1. The van der Waals surface area contributed by atoms with Crippen molar-refractivity contribution in [3.8, 4) is 11.3 Å². The first-order valence-corrected chi connectivity index (χ1v) is 10.5. The number of carboxylic acid groups (broad SMARTS) is 1. The van der Waals surface area contributed by atoms with Crippen molar-refractivity contribution in [2.75, 3.05) is 23.1 Å². The molecule has 0 unspecified atom stereocenters. The number of hydrogen-bond acceptors (Lipinski definition) is 6. The highest BCUT2D eigenvalue weighted by atomic mass is 32.2. The molecular formula is C18H17FN6O4S. The second kappa shape index (κ2) is 7.80. The molecule has 1 aliphatic rings. The van der Waals surface area contributed by atoms with E-state index in [0.29, 0.717) is 29.9 Å². The Morgan fingerprint density at radius 2 is 1.90 bits per heavy atom. The minimum absolute atomic E-state index is 0.0132. The van der Waals surface area contributed by atoms with Crippen LogP contribution in [-0.2, 0) is 10.2 Å². The maximum Gasteiger partial charge on any atom is 0.410 e. The highest BCUT2D eigenvalue weighted by Gasteiger charge is 2.25. The number of amides is 1. The van der Waals surface area contributed by atoms with Crippen LogP contribution >= 0.6 is 0 Å². The zero-order valence-corrected chi connectivity index (χ0v) is 16.4. The van der Waals surface area contributed by atoms with Gasteiger partial charge in [0.25, 0.3) is 0 Å². The fraction of sp³-hybridized carbons (Fsp3) is 0.222. The quantitative estimate of drug-likeness (QED) is 0.563. The van der Waals surface area contributed by atoms with E-state index in [0.717, 1.165) is 18.9 Å². The van der Waals surface area contributed by atoms with E-state index in [9.17, 15) is 17.6 Å². The van der Waals surface area contributed by atoms with E-state index >= 15 is 0 Å². The molecule has 1 saturated heterocycles. The molecule has 1 aliphatic heterocycles. The van der Waals surface area contributed by atoms with Crippen molar-refractivity contribution in [3.05, 3.63) is 42.5 Å². The highest BCUT2D eigenvalue weighted by molar-refractivity contribution is 7.90. The van der Waals surface area contributed by atoms with E-state index in [-0.39, 0.29) is 17.0 Å². The maximum absolute atomic E-state index is 14.2. The molecule has 3 aromatic rings. The van der Waals surface area contributed by atoms with Gasteiger partial charge >= 0.3 is 16.3 Å². The third-order valence-electron chi connectivity index (χ3n) is 4.55. The summed E-state index contributed by atoms with van der Waals surface area (Å²) in [6, 6.07) is 6.91. The van der Waals surface area contributed by atoms with E-state index in [1.165, 1.54) is 22.8 Å². The van der Waals surface area contributed by atoms with Gasteiger partial charge in [0, 0.05) is 18.7 Å². The number of rotatable bonds is 5. The number of hydrogen-bond donors (Lipinski definition) is 3. The van der Waals surface area contributed by atoms with Gasteiger partial charge < -0.3 is 5.11 Å². The van der Waals surface area contributed by atoms with Gasteiger partial charge in [-0.05, 0) is 43.2 Å². The zero-order chi connectivity index (χ0) is 21.3. The molecule has 0 saturated carbocycles. The van der Waals surface area contributed by atoms with Crippen LogP contribution in [0.4, 0.5) is 20.7 Å². The first-order chi connectivity index (χ1) is 14.3. The van der Waals surface area contributed by atoms with Gasteiger partial charge in [0.1, 0.15) is 17.7 Å². The smallest absolute Gasteiger partial charge is 0.410 e. The molecule has 3 N–H and O–H groups in total. The van der Waals surface area contributed by atoms with Crippen LogP contribution in [0.3, 0.4) is 0 Å². The number of halogens is 1. The Morgan fingerprint density at radius 1 is 1.13 bits per heavy atom. The third-order valence-corrected chi connectivity index (χ3v) is 6.09. The second-order valence-electron chi connectivity index (χ2n) is 6.66. The van der Waals surface area contributed by atoms with Crippen LogP contribution in [0.25, 0.3) is 22.3 Å². The molecule has 1 fully saturated rings. The Balaban J connectivity index is 1.72. The van der Waals surface area contributed by atoms with E-state index in [1.807, 2.05) is 0 Å². The molecule has 1 amide bonds. The monoisotopic (exact) mass is 432 g/mol. The average Bonchev–Trinajstić information content (AvgIpc) is 3.22. The summed E-state index contributed by atoms with van der Waals surface area (Å²) in [7, 11) is -3.78. The second-order valence-corrected chi connectivity index (χ2v) is 8.33. The molecular weight excluding hydrogens is 415 g/mol. The maximum atomic E-state index is 14.2. The average molecular weight is 432 g/mol. The molecule has 30 heavy (non-hydrogen) atoms. The Morgan fingerprint density at radius 3 is 2.63 bits per heavy atom. The summed E-state index contributed by atoms with van der Waals surface area (Å²) in [6.07, 6.45) is 1.45. The van der Waals surface area contributed by atoms with Gasteiger partial charge in [0.05, 0.1) is 16.9 Å². The molecule has 1 aromatic carbocycles. The van der Waals surface area contributed by atoms with E-state index < -0.39 is 22.1 Å². The summed E-state index contributed by atoms with van der Waals surface area (Å²) in [5, 5.41) is 11.1. The van der Waals surface area contributed by atoms with Gasteiger partial charge in [-0.2, -0.15) is 12.7 Å². The summed E-state index contributed by atoms with van der Waals surface area (Å²) < 4.78 is 42.9. The van der Waals surface area contributed by atoms with Crippen LogP contribution in [0.2, 0.25) is 0 Å². The standard InChI is InChI=1S/C18H17FN6O4S/c19-12-7-11(8-13(9-12)24-30(28,29)25-5-1-2-6-25)14-3-4-15-16(22-14)17(21-10-20-15)23-18(26)27/h3-4,7-10,24H,1-2,5-6H2,(H,26,27)(H,20,21,23). The zero-order valence-electron chi connectivity index (χ0n) is 15.5. The molecule has 156 valence electrons. The van der Waals surface area contributed by atoms with Gasteiger partial charge in [-0.25, -0.2) is 24.1 Å². The van der Waals surface area contributed by atoms with Gasteiger partial charge in [0.15, 0.2) is 5.82 Å². The predicted molar refractivity (Wildman–Crippen MR) is 108 cm³/mol. The lowest BCUT2D eigenvalue weighted by molar-refractivity contribution is 0.209. The number of anilines is 2. The fourth-order valence-electron chi connectivity index (χ4n) is 3.23. The van der Waals surface area contributed by atoms with Gasteiger partial charge in [-0.15, -0.1) is 0 Å². The Bertz CT molecular complexity index is 1230. The number of benzene rings is 1. The number of aromatic nitrogens is 3. The van der Waals surface area contributed by atoms with Crippen molar-refractivity contribution in [2.45, 2.75) is 12.8 Å². The number of fused-ring (bicyclic) bond motifs is 1. The van der Waals surface area contributed by atoms with E-state index in [4.69, 9.17) is 5.11 Å². The molecule has 0 spiro atoms. The van der Waals surface area contributed by atoms with Crippen LogP contribution < -0.4 is 10.0 Å². The number of carbonyl (C=O) groups is 1. The minimum Gasteiger partial charge on any atom is -0.465 e. The molecule has 0 atom stereocenters. The molecule has 10 nitrogen and oxygen atoms in total. The number of nitrogens with zero attached hydrogens (tertiary/aromatic N) is 4. The molecule has 4 rings (SSSR count). The van der Waals surface area contributed by atoms with Crippen molar-refractivity contribution in [3.63, 3.8) is 0 Å². The first-order valence-electron chi connectivity index (χ1n) is 9.02. The van der Waals surface area contributed by atoms with E-state index in [2.05, 4.69) is 25.0 Å². The minimum atomic E-state index is -3.78. The van der Waals surface area contributed by atoms with Crippen molar-refractivity contribution in [1.29, 1.82) is 0 Å². The van der Waals surface area contributed by atoms with Gasteiger partial charge in [0.2, 0.25) is 0 Å². The largest absolute Gasteiger partial charge is 0.465 e. The van der Waals surface area contributed by atoms with Crippen molar-refractivity contribution >= 4 is 38.8 Å². The van der Waals surface area contributed by atoms with Crippen molar-refractivity contribution in [2.24, 2.45) is 0 Å². The third kappa shape index (κ3) is 4.14. The van der Waals surface area contributed by atoms with Crippen molar-refractivity contribution in [1.82, 2.24) is 19.3 Å². The molecule has 0 aliphatic carbocycles. The Labute approximate surface area is 171 Å². The van der Waals surface area contributed by atoms with Crippen LogP contribution in [0.5, 0.6) is 0 Å². The lowest BCUT2D eigenvalue weighted by Crippen LogP contribution is -2.33. The molecule has 12 heteroatoms. The molecule has 0 radical (unpaired) electrons. The molecule has 3 heterocycles. The summed E-state index contributed by atoms with van der Waals surface area (Å²) >= 11 is 0. The Kier molecular flexibility index (Phi) is 5.18. The number of pyridine rings is 1. The highest BCUT2D eigenvalue weighted by Crippen LogP contribution is 2.27. The SMILES string of the molecule is O=C(O)Nc1ncnc2ccc(-c3cc(F)cc(NS(=O)(=O)N4CCCC4)c3)nc12. The topological polar surface area (TPSA) is 137 Å². The lowest BCUT2D eigenvalue weighted by Gasteiger charge is -2.17. The van der Waals surface area contributed by atoms with Gasteiger partial charge in [-0.1, -0.05) is 0 Å². The normalized spacial score (nSPS) is 14.7. The van der Waals surface area contributed by atoms with Gasteiger partial charge in [-0.3, -0.25) is 10.0 Å². The number of nitrogens with one attached hydrogen (secondary N) is 2. The fourth-order valence-corrected chi connectivity index (χ4v) is 4.52.